The first kappa shape index (κ1) is 16.8. The molecule has 0 bridgehead atoms. The predicted molar refractivity (Wildman–Crippen MR) is 85.6 cm³/mol. The molecule has 1 saturated heterocycles. The number of benzene rings is 1. The van der Waals surface area contributed by atoms with Crippen LogP contribution in [0.25, 0.3) is 0 Å². The number of imide groups is 2. The minimum atomic E-state index is -0.937. The molecule has 1 aliphatic heterocycles. The largest absolute Gasteiger partial charge is 0.326 e. The lowest BCUT2D eigenvalue weighted by Crippen LogP contribution is -2.44. The molecule has 25 heavy (non-hydrogen) atoms. The Morgan fingerprint density at radius 1 is 1.08 bits per heavy atom. The molecule has 0 unspecified atom stereocenters. The third kappa shape index (κ3) is 3.42. The van der Waals surface area contributed by atoms with E-state index in [1.807, 2.05) is 17.5 Å². The van der Waals surface area contributed by atoms with Gasteiger partial charge in [-0.15, -0.1) is 0 Å². The first-order valence-electron chi connectivity index (χ1n) is 7.83. The van der Waals surface area contributed by atoms with E-state index in [4.69, 9.17) is 0 Å². The fourth-order valence-electron chi connectivity index (χ4n) is 3.05. The number of likely N-dealkylation sites (tertiary alicyclic amines) is 1. The van der Waals surface area contributed by atoms with E-state index in [2.05, 4.69) is 5.32 Å². The molecule has 0 radical (unpaired) electrons. The Hall–Kier alpha value is -3.03. The van der Waals surface area contributed by atoms with Crippen molar-refractivity contribution in [2.75, 3.05) is 11.9 Å². The summed E-state index contributed by atoms with van der Waals surface area (Å²) in [5.74, 6) is -3.13. The number of hydrogen-bond donors (Lipinski definition) is 2. The topological polar surface area (TPSA) is 95.6 Å². The number of halogens is 1. The van der Waals surface area contributed by atoms with Crippen molar-refractivity contribution < 1.29 is 23.6 Å². The summed E-state index contributed by atoms with van der Waals surface area (Å²) in [5, 5.41) is 4.18. The van der Waals surface area contributed by atoms with Crippen LogP contribution in [0, 0.1) is 17.7 Å². The van der Waals surface area contributed by atoms with E-state index in [1.54, 1.807) is 0 Å². The second-order valence-electron chi connectivity index (χ2n) is 5.90. The Morgan fingerprint density at radius 2 is 1.68 bits per heavy atom. The van der Waals surface area contributed by atoms with E-state index in [9.17, 15) is 23.6 Å². The highest BCUT2D eigenvalue weighted by atomic mass is 19.1. The average Bonchev–Trinajstić information content (AvgIpc) is 2.82. The number of nitrogens with one attached hydrogen (secondary N) is 2. The fraction of sp³-hybridized carbons (Fsp3) is 0.294. The number of rotatable bonds is 3. The van der Waals surface area contributed by atoms with Crippen LogP contribution in [0.1, 0.15) is 12.8 Å². The van der Waals surface area contributed by atoms with Gasteiger partial charge in [0.05, 0.1) is 17.5 Å². The summed E-state index contributed by atoms with van der Waals surface area (Å²) in [6.45, 7) is -0.532. The van der Waals surface area contributed by atoms with Crippen LogP contribution < -0.4 is 10.6 Å². The Bertz CT molecular complexity index is 751. The van der Waals surface area contributed by atoms with Crippen LogP contribution in [-0.4, -0.2) is 35.2 Å². The molecule has 1 aromatic rings. The number of para-hydroxylation sites is 1. The van der Waals surface area contributed by atoms with Crippen molar-refractivity contribution >= 4 is 29.4 Å². The van der Waals surface area contributed by atoms with Crippen LogP contribution in [-0.2, 0) is 14.4 Å². The van der Waals surface area contributed by atoms with Crippen LogP contribution in [0.3, 0.4) is 0 Å². The van der Waals surface area contributed by atoms with Crippen LogP contribution in [0.5, 0.6) is 0 Å². The summed E-state index contributed by atoms with van der Waals surface area (Å²) >= 11 is 0. The summed E-state index contributed by atoms with van der Waals surface area (Å²) in [6.07, 6.45) is 4.64. The zero-order valence-corrected chi connectivity index (χ0v) is 13.2. The molecule has 1 aliphatic carbocycles. The molecule has 3 rings (SSSR count). The van der Waals surface area contributed by atoms with E-state index in [-0.39, 0.29) is 5.69 Å². The zero-order chi connectivity index (χ0) is 18.0. The Kier molecular flexibility index (Phi) is 4.60. The van der Waals surface area contributed by atoms with Crippen molar-refractivity contribution in [2.24, 2.45) is 11.8 Å². The number of nitrogens with zero attached hydrogens (tertiary/aromatic N) is 1. The number of allylic oxidation sites excluding steroid dienone is 2. The number of anilines is 1. The van der Waals surface area contributed by atoms with Crippen molar-refractivity contribution in [3.8, 4) is 0 Å². The second-order valence-corrected chi connectivity index (χ2v) is 5.90. The molecule has 5 amide bonds. The highest BCUT2D eigenvalue weighted by Gasteiger charge is 2.47. The molecule has 0 saturated carbocycles. The third-order valence-corrected chi connectivity index (χ3v) is 4.28. The van der Waals surface area contributed by atoms with E-state index in [0.717, 1.165) is 11.0 Å². The highest BCUT2D eigenvalue weighted by molar-refractivity contribution is 6.09. The van der Waals surface area contributed by atoms with Gasteiger partial charge in [0.2, 0.25) is 17.7 Å². The maximum absolute atomic E-state index is 13.5. The lowest BCUT2D eigenvalue weighted by Gasteiger charge is -2.14. The molecule has 0 spiro atoms. The molecule has 1 heterocycles. The van der Waals surface area contributed by atoms with E-state index >= 15 is 0 Å². The van der Waals surface area contributed by atoms with Gasteiger partial charge < -0.3 is 5.32 Å². The van der Waals surface area contributed by atoms with Gasteiger partial charge in [-0.05, 0) is 25.0 Å². The molecule has 1 aromatic carbocycles. The van der Waals surface area contributed by atoms with Gasteiger partial charge in [-0.2, -0.15) is 0 Å². The molecule has 8 heteroatoms. The van der Waals surface area contributed by atoms with Crippen molar-refractivity contribution in [1.82, 2.24) is 10.2 Å². The van der Waals surface area contributed by atoms with Gasteiger partial charge >= 0.3 is 6.03 Å². The smallest absolute Gasteiger partial charge is 0.305 e. The predicted octanol–water partition coefficient (Wildman–Crippen LogP) is 1.43. The highest BCUT2D eigenvalue weighted by Crippen LogP contribution is 2.34. The summed E-state index contributed by atoms with van der Waals surface area (Å²) in [7, 11) is 0. The minimum absolute atomic E-state index is 0.0850. The Labute approximate surface area is 142 Å². The number of hydrogen-bond acceptors (Lipinski definition) is 4. The maximum atomic E-state index is 13.5. The maximum Gasteiger partial charge on any atom is 0.326 e. The lowest BCUT2D eigenvalue weighted by molar-refractivity contribution is -0.143. The molecule has 2 atom stereocenters. The van der Waals surface area contributed by atoms with Crippen LogP contribution in [0.15, 0.2) is 36.4 Å². The quantitative estimate of drug-likeness (QED) is 0.640. The second kappa shape index (κ2) is 6.84. The van der Waals surface area contributed by atoms with Crippen molar-refractivity contribution in [3.05, 3.63) is 42.2 Å². The van der Waals surface area contributed by atoms with Gasteiger partial charge in [0.1, 0.15) is 12.4 Å². The van der Waals surface area contributed by atoms with Crippen molar-refractivity contribution in [1.29, 1.82) is 0 Å². The summed E-state index contributed by atoms with van der Waals surface area (Å²) in [5.41, 5.74) is -0.0850. The molecule has 1 fully saturated rings. The monoisotopic (exact) mass is 345 g/mol. The van der Waals surface area contributed by atoms with Gasteiger partial charge in [0.15, 0.2) is 0 Å². The number of amides is 5. The normalized spacial score (nSPS) is 21.9. The average molecular weight is 345 g/mol. The first-order chi connectivity index (χ1) is 12.0. The molecule has 7 nitrogen and oxygen atoms in total. The van der Waals surface area contributed by atoms with Gasteiger partial charge in [-0.1, -0.05) is 24.3 Å². The van der Waals surface area contributed by atoms with Gasteiger partial charge in [0, 0.05) is 0 Å². The van der Waals surface area contributed by atoms with E-state index < -0.39 is 48.0 Å². The van der Waals surface area contributed by atoms with E-state index in [0.29, 0.717) is 12.8 Å². The van der Waals surface area contributed by atoms with Gasteiger partial charge in [-0.25, -0.2) is 9.18 Å². The summed E-state index contributed by atoms with van der Waals surface area (Å²) in [4.78, 5) is 49.1. The standard InChI is InChI=1S/C17H16FN3O4/c18-12-7-3-4-8-13(12)19-17(25)20-14(22)9-21-15(23)10-5-1-2-6-11(10)16(21)24/h1-4,7-8,10-11H,5-6,9H2,(H2,19,20,22,25)/t10-,11-/m1/s1. The van der Waals surface area contributed by atoms with Gasteiger partial charge in [-0.3, -0.25) is 24.6 Å². The molecular weight excluding hydrogens is 329 g/mol. The number of carbonyl (C=O) groups is 4. The zero-order valence-electron chi connectivity index (χ0n) is 13.2. The molecule has 2 aliphatic rings. The lowest BCUT2D eigenvalue weighted by atomic mass is 9.85. The molecule has 0 aromatic heterocycles. The molecule has 2 N–H and O–H groups in total. The SMILES string of the molecule is O=C(CN1C(=O)[C@@H]2CC=CC[C@H]2C1=O)NC(=O)Nc1ccccc1F. The molecule has 130 valence electrons. The number of urea groups is 1. The van der Waals surface area contributed by atoms with Crippen molar-refractivity contribution in [2.45, 2.75) is 12.8 Å². The molecular formula is C17H16FN3O4. The summed E-state index contributed by atoms with van der Waals surface area (Å²) in [6, 6.07) is 4.55. The fourth-order valence-corrected chi connectivity index (χ4v) is 3.05. The number of fused-ring (bicyclic) bond motifs is 1. The summed E-state index contributed by atoms with van der Waals surface area (Å²) < 4.78 is 13.5. The Balaban J connectivity index is 1.57. The minimum Gasteiger partial charge on any atom is -0.305 e. The van der Waals surface area contributed by atoms with Crippen LogP contribution in [0.4, 0.5) is 14.9 Å². The third-order valence-electron chi connectivity index (χ3n) is 4.28. The van der Waals surface area contributed by atoms with E-state index in [1.165, 1.54) is 18.2 Å². The van der Waals surface area contributed by atoms with Crippen LogP contribution >= 0.6 is 0 Å². The number of carbonyl (C=O) groups excluding carboxylic acids is 4. The van der Waals surface area contributed by atoms with Gasteiger partial charge in [0.25, 0.3) is 0 Å². The Morgan fingerprint density at radius 3 is 2.28 bits per heavy atom. The first-order valence-corrected chi connectivity index (χ1v) is 7.83. The van der Waals surface area contributed by atoms with Crippen molar-refractivity contribution in [3.63, 3.8) is 0 Å². The van der Waals surface area contributed by atoms with Crippen LogP contribution in [0.2, 0.25) is 0 Å².